The molecule has 0 aliphatic rings. The zero-order valence-corrected chi connectivity index (χ0v) is 25.3. The monoisotopic (exact) mass is 585 g/mol. The lowest BCUT2D eigenvalue weighted by atomic mass is 10.1. The van der Waals surface area contributed by atoms with E-state index in [1.165, 1.54) is 12.0 Å². The Morgan fingerprint density at radius 3 is 2.36 bits per heavy atom. The number of methoxy groups -OCH3 is 1. The molecule has 3 aromatic carbocycles. The smallest absolute Gasteiger partial charge is 0.337 e. The number of esters is 1. The number of ether oxygens (including phenoxy) is 2. The number of aryl methyl sites for hydroxylation is 1. The molecule has 6 nitrogen and oxygen atoms in total. The molecule has 0 amide bonds. The van der Waals surface area contributed by atoms with Gasteiger partial charge in [0.2, 0.25) is 0 Å². The molecule has 0 aliphatic carbocycles. The van der Waals surface area contributed by atoms with Crippen LogP contribution in [0.15, 0.2) is 70.5 Å². The molecule has 1 unspecified atom stereocenters. The van der Waals surface area contributed by atoms with Gasteiger partial charge in [-0.25, -0.2) is 9.48 Å². The highest BCUT2D eigenvalue weighted by molar-refractivity contribution is 8.33. The van der Waals surface area contributed by atoms with Crippen LogP contribution in [-0.2, 0) is 11.3 Å². The molecule has 4 rings (SSSR count). The van der Waals surface area contributed by atoms with Crippen LogP contribution in [0.5, 0.6) is 5.75 Å². The van der Waals surface area contributed by atoms with Gasteiger partial charge in [-0.3, -0.25) is 0 Å². The second-order valence-electron chi connectivity index (χ2n) is 9.67. The van der Waals surface area contributed by atoms with Gasteiger partial charge in [0.1, 0.15) is 23.7 Å². The molecular weight excluding hydrogens is 553 g/mol. The van der Waals surface area contributed by atoms with E-state index in [2.05, 4.69) is 62.5 Å². The Labute approximate surface area is 241 Å². The molecule has 0 saturated heterocycles. The van der Waals surface area contributed by atoms with Gasteiger partial charge in [-0.2, -0.15) is 10.0 Å². The third-order valence-electron chi connectivity index (χ3n) is 6.85. The standard InChI is InChI=1S/C30H33Cl2N3O3S/c1-7-39(6,23-11-8-10-21(17-23)30(36)37-5)27-15-14-22(16-20(27)4)38-18-26-28(19(2)3)33-34-35(26)29-24(31)12-9-13-25(29)32/h8-17,19H,7,18H2,1-6H3. The fraction of sp³-hybridized carbons (Fsp3) is 0.300. The molecule has 1 atom stereocenters. The van der Waals surface area contributed by atoms with E-state index in [1.54, 1.807) is 28.9 Å². The summed E-state index contributed by atoms with van der Waals surface area (Å²) in [6.07, 6.45) is 2.28. The number of carbonyl (C=O) groups is 1. The van der Waals surface area contributed by atoms with E-state index in [0.29, 0.717) is 21.3 Å². The number of carbonyl (C=O) groups excluding carboxylic acids is 1. The maximum atomic E-state index is 12.2. The second kappa shape index (κ2) is 12.0. The minimum absolute atomic E-state index is 0.136. The molecule has 0 saturated carbocycles. The van der Waals surface area contributed by atoms with Crippen LogP contribution < -0.4 is 4.74 Å². The van der Waals surface area contributed by atoms with Crippen LogP contribution in [0.3, 0.4) is 0 Å². The van der Waals surface area contributed by atoms with Gasteiger partial charge in [-0.05, 0) is 88.7 Å². The van der Waals surface area contributed by atoms with Gasteiger partial charge in [0.05, 0.1) is 28.4 Å². The minimum atomic E-state index is -1.39. The van der Waals surface area contributed by atoms with Crippen molar-refractivity contribution in [3.05, 3.63) is 93.2 Å². The van der Waals surface area contributed by atoms with E-state index in [-0.39, 0.29) is 18.5 Å². The molecular formula is C30H33Cl2N3O3S. The van der Waals surface area contributed by atoms with Gasteiger partial charge >= 0.3 is 5.97 Å². The van der Waals surface area contributed by atoms with E-state index in [1.807, 2.05) is 18.2 Å². The van der Waals surface area contributed by atoms with Crippen molar-refractivity contribution in [2.24, 2.45) is 0 Å². The first-order chi connectivity index (χ1) is 18.6. The van der Waals surface area contributed by atoms with E-state index >= 15 is 0 Å². The van der Waals surface area contributed by atoms with Crippen LogP contribution in [0.1, 0.15) is 54.0 Å². The van der Waals surface area contributed by atoms with E-state index in [9.17, 15) is 4.79 Å². The van der Waals surface area contributed by atoms with Gasteiger partial charge in [0.15, 0.2) is 0 Å². The largest absolute Gasteiger partial charge is 0.487 e. The molecule has 4 aromatic rings. The number of nitrogens with zero attached hydrogens (tertiary/aromatic N) is 3. The third kappa shape index (κ3) is 5.81. The van der Waals surface area contributed by atoms with E-state index in [4.69, 9.17) is 32.7 Å². The van der Waals surface area contributed by atoms with Crippen molar-refractivity contribution < 1.29 is 14.3 Å². The Kier molecular flexibility index (Phi) is 8.94. The SMILES string of the molecule is CCS(C)(c1cccc(C(=O)OC)c1)c1ccc(OCc2c(C(C)C)nnn2-c2c(Cl)cccc2Cl)cc1C. The summed E-state index contributed by atoms with van der Waals surface area (Å²) >= 11 is 13.0. The van der Waals surface area contributed by atoms with Crippen molar-refractivity contribution >= 4 is 39.2 Å². The normalized spacial score (nSPS) is 13.7. The fourth-order valence-corrected chi connectivity index (χ4v) is 7.97. The van der Waals surface area contributed by atoms with Crippen LogP contribution in [0.25, 0.3) is 5.69 Å². The third-order valence-corrected chi connectivity index (χ3v) is 11.3. The number of aromatic nitrogens is 3. The van der Waals surface area contributed by atoms with Crippen molar-refractivity contribution in [3.63, 3.8) is 0 Å². The lowest BCUT2D eigenvalue weighted by molar-refractivity contribution is 0.0600. The summed E-state index contributed by atoms with van der Waals surface area (Å²) in [7, 11) is 0.0115. The molecule has 0 spiro atoms. The highest BCUT2D eigenvalue weighted by atomic mass is 35.5. The topological polar surface area (TPSA) is 66.2 Å². The summed E-state index contributed by atoms with van der Waals surface area (Å²) in [4.78, 5) is 14.5. The van der Waals surface area contributed by atoms with Gasteiger partial charge in [0, 0.05) is 0 Å². The van der Waals surface area contributed by atoms with Crippen LogP contribution in [0.4, 0.5) is 0 Å². The van der Waals surface area contributed by atoms with Crippen LogP contribution in [-0.4, -0.2) is 40.1 Å². The lowest BCUT2D eigenvalue weighted by Gasteiger charge is -2.37. The minimum Gasteiger partial charge on any atom is -0.487 e. The van der Waals surface area contributed by atoms with Gasteiger partial charge in [-0.1, -0.05) is 61.3 Å². The second-order valence-corrected chi connectivity index (χ2v) is 14.1. The van der Waals surface area contributed by atoms with Crippen LogP contribution >= 0.6 is 33.2 Å². The van der Waals surface area contributed by atoms with Crippen molar-refractivity contribution in [1.82, 2.24) is 15.0 Å². The molecule has 206 valence electrons. The first kappa shape index (κ1) is 29.0. The maximum absolute atomic E-state index is 12.2. The summed E-state index contributed by atoms with van der Waals surface area (Å²) in [6.45, 7) is 8.66. The van der Waals surface area contributed by atoms with Crippen molar-refractivity contribution in [1.29, 1.82) is 0 Å². The lowest BCUT2D eigenvalue weighted by Crippen LogP contribution is -2.10. The molecule has 39 heavy (non-hydrogen) atoms. The van der Waals surface area contributed by atoms with E-state index < -0.39 is 10.0 Å². The molecule has 0 bridgehead atoms. The number of hydrogen-bond acceptors (Lipinski definition) is 5. The Morgan fingerprint density at radius 2 is 1.74 bits per heavy atom. The molecule has 1 aromatic heterocycles. The highest BCUT2D eigenvalue weighted by Gasteiger charge is 2.25. The average Bonchev–Trinajstić information content (AvgIpc) is 3.34. The molecule has 9 heteroatoms. The number of hydrogen-bond donors (Lipinski definition) is 0. The summed E-state index contributed by atoms with van der Waals surface area (Å²) in [5.74, 6) is 1.48. The van der Waals surface area contributed by atoms with Gasteiger partial charge in [-0.15, -0.1) is 5.10 Å². The van der Waals surface area contributed by atoms with Crippen LogP contribution in [0, 0.1) is 6.92 Å². The van der Waals surface area contributed by atoms with Gasteiger partial charge in [0.25, 0.3) is 0 Å². The first-order valence-corrected chi connectivity index (χ1v) is 15.6. The van der Waals surface area contributed by atoms with Gasteiger partial charge < -0.3 is 9.47 Å². The number of para-hydroxylation sites is 1. The van der Waals surface area contributed by atoms with Crippen LogP contribution in [0.2, 0.25) is 10.0 Å². The summed E-state index contributed by atoms with van der Waals surface area (Å²) in [5, 5.41) is 9.75. The summed E-state index contributed by atoms with van der Waals surface area (Å²) in [5.41, 5.74) is 3.89. The molecule has 0 aliphatic heterocycles. The Hall–Kier alpha value is -3.00. The Bertz CT molecular complexity index is 1480. The zero-order chi connectivity index (χ0) is 28.3. The molecule has 0 radical (unpaired) electrons. The Balaban J connectivity index is 1.65. The summed E-state index contributed by atoms with van der Waals surface area (Å²) in [6, 6.07) is 19.3. The van der Waals surface area contributed by atoms with Crippen molar-refractivity contribution in [3.8, 4) is 11.4 Å². The molecule has 0 N–H and O–H groups in total. The van der Waals surface area contributed by atoms with E-state index in [0.717, 1.165) is 33.3 Å². The fourth-order valence-electron chi connectivity index (χ4n) is 4.61. The molecule has 0 fully saturated rings. The quantitative estimate of drug-likeness (QED) is 0.185. The number of halogens is 2. The Morgan fingerprint density at radius 1 is 1.05 bits per heavy atom. The first-order valence-electron chi connectivity index (χ1n) is 12.7. The molecule has 1 heterocycles. The predicted molar refractivity (Wildman–Crippen MR) is 159 cm³/mol. The number of benzene rings is 3. The zero-order valence-electron chi connectivity index (χ0n) is 23.0. The maximum Gasteiger partial charge on any atom is 0.337 e. The number of rotatable bonds is 9. The average molecular weight is 587 g/mol. The van der Waals surface area contributed by atoms with Crippen molar-refractivity contribution in [2.45, 2.75) is 50.0 Å². The summed E-state index contributed by atoms with van der Waals surface area (Å²) < 4.78 is 12.9. The highest BCUT2D eigenvalue weighted by Crippen LogP contribution is 2.60. The van der Waals surface area contributed by atoms with Crippen molar-refractivity contribution in [2.75, 3.05) is 19.1 Å². The predicted octanol–water partition coefficient (Wildman–Crippen LogP) is 8.24.